The molecule has 0 radical (unpaired) electrons. The van der Waals surface area contributed by atoms with E-state index in [0.29, 0.717) is 0 Å². The normalized spacial score (nSPS) is 10.1. The number of hydrogen-bond acceptors (Lipinski definition) is 3. The van der Waals surface area contributed by atoms with E-state index in [2.05, 4.69) is 9.97 Å². The monoisotopic (exact) mass is 218 g/mol. The first-order valence-electron chi connectivity index (χ1n) is 4.49. The Bertz CT molecular complexity index is 526. The lowest BCUT2D eigenvalue weighted by Gasteiger charge is -2.01. The number of halogens is 1. The van der Waals surface area contributed by atoms with Crippen LogP contribution in [0.4, 0.5) is 4.39 Å². The first-order chi connectivity index (χ1) is 7.68. The summed E-state index contributed by atoms with van der Waals surface area (Å²) in [5.41, 5.74) is 0.222. The number of carbonyl (C=O) groups is 1. The Morgan fingerprint density at radius 3 is 2.38 bits per heavy atom. The minimum Gasteiger partial charge on any atom is -0.478 e. The van der Waals surface area contributed by atoms with E-state index in [0.717, 1.165) is 12.4 Å². The summed E-state index contributed by atoms with van der Waals surface area (Å²) in [7, 11) is 0. The Morgan fingerprint density at radius 1 is 1.19 bits per heavy atom. The van der Waals surface area contributed by atoms with Crippen molar-refractivity contribution < 1.29 is 14.3 Å². The summed E-state index contributed by atoms with van der Waals surface area (Å²) >= 11 is 0. The van der Waals surface area contributed by atoms with Gasteiger partial charge in [0.15, 0.2) is 5.82 Å². The first-order valence-corrected chi connectivity index (χ1v) is 4.49. The van der Waals surface area contributed by atoms with Crippen LogP contribution in [-0.2, 0) is 0 Å². The van der Waals surface area contributed by atoms with E-state index in [9.17, 15) is 9.18 Å². The molecule has 16 heavy (non-hydrogen) atoms. The highest BCUT2D eigenvalue weighted by Gasteiger charge is 2.08. The van der Waals surface area contributed by atoms with E-state index in [1.165, 1.54) is 12.1 Å². The van der Waals surface area contributed by atoms with Crippen LogP contribution in [0, 0.1) is 5.82 Å². The molecule has 2 aromatic rings. The molecular formula is C11H7FN2O2. The van der Waals surface area contributed by atoms with Gasteiger partial charge in [-0.15, -0.1) is 0 Å². The van der Waals surface area contributed by atoms with Gasteiger partial charge in [-0.3, -0.25) is 0 Å². The lowest BCUT2D eigenvalue weighted by molar-refractivity contribution is 0.0696. The van der Waals surface area contributed by atoms with Crippen LogP contribution < -0.4 is 0 Å². The second kappa shape index (κ2) is 4.06. The molecule has 0 fully saturated rings. The number of benzene rings is 1. The average Bonchev–Trinajstić information content (AvgIpc) is 2.30. The minimum atomic E-state index is -1.11. The van der Waals surface area contributed by atoms with Crippen molar-refractivity contribution in [3.05, 3.63) is 48.0 Å². The van der Waals surface area contributed by atoms with E-state index in [1.807, 2.05) is 0 Å². The average molecular weight is 218 g/mol. The molecule has 0 spiro atoms. The number of carboxylic acid groups (broad SMARTS) is 1. The summed E-state index contributed by atoms with van der Waals surface area (Å²) < 4.78 is 13.3. The summed E-state index contributed by atoms with van der Waals surface area (Å²) in [6.45, 7) is 0. The molecule has 5 heteroatoms. The number of rotatable bonds is 2. The topological polar surface area (TPSA) is 63.1 Å². The second-order valence-electron chi connectivity index (χ2n) is 3.08. The lowest BCUT2D eigenvalue weighted by atomic mass is 10.2. The zero-order valence-electron chi connectivity index (χ0n) is 8.09. The summed E-state index contributed by atoms with van der Waals surface area (Å²) in [6, 6.07) is 6.05. The fraction of sp³-hybridized carbons (Fsp3) is 0. The molecule has 0 amide bonds. The molecule has 1 aromatic heterocycles. The highest BCUT2D eigenvalue weighted by Crippen LogP contribution is 2.17. The number of carboxylic acids is 1. The third-order valence-corrected chi connectivity index (χ3v) is 2.01. The molecule has 1 N–H and O–H groups in total. The molecule has 0 saturated carbocycles. The van der Waals surface area contributed by atoms with Crippen molar-refractivity contribution in [2.24, 2.45) is 0 Å². The molecule has 1 heterocycles. The Balaban J connectivity index is 2.43. The first kappa shape index (κ1) is 10.2. The van der Waals surface area contributed by atoms with Crippen molar-refractivity contribution in [2.45, 2.75) is 0 Å². The Kier molecular flexibility index (Phi) is 2.59. The van der Waals surface area contributed by atoms with Gasteiger partial charge in [0, 0.05) is 12.4 Å². The van der Waals surface area contributed by atoms with Gasteiger partial charge in [-0.25, -0.2) is 19.2 Å². The zero-order chi connectivity index (χ0) is 11.5. The van der Waals surface area contributed by atoms with Gasteiger partial charge < -0.3 is 5.11 Å². The van der Waals surface area contributed by atoms with Gasteiger partial charge in [-0.2, -0.15) is 0 Å². The smallest absolute Gasteiger partial charge is 0.338 e. The van der Waals surface area contributed by atoms with Gasteiger partial charge in [-0.1, -0.05) is 12.1 Å². The van der Waals surface area contributed by atoms with Crippen LogP contribution >= 0.6 is 0 Å². The molecule has 80 valence electrons. The van der Waals surface area contributed by atoms with E-state index in [4.69, 9.17) is 5.11 Å². The molecule has 0 aliphatic carbocycles. The second-order valence-corrected chi connectivity index (χ2v) is 3.08. The summed E-state index contributed by atoms with van der Waals surface area (Å²) in [5, 5.41) is 8.65. The largest absolute Gasteiger partial charge is 0.478 e. The number of aromatic carboxylic acids is 1. The van der Waals surface area contributed by atoms with Gasteiger partial charge in [0.25, 0.3) is 0 Å². The van der Waals surface area contributed by atoms with Crippen molar-refractivity contribution >= 4 is 5.97 Å². The SMILES string of the molecule is O=C(O)c1cnc(-c2ccccc2F)nc1. The fourth-order valence-electron chi connectivity index (χ4n) is 1.22. The van der Waals surface area contributed by atoms with Crippen molar-refractivity contribution in [1.29, 1.82) is 0 Å². The van der Waals surface area contributed by atoms with Gasteiger partial charge >= 0.3 is 5.97 Å². The van der Waals surface area contributed by atoms with Crippen molar-refractivity contribution in [1.82, 2.24) is 9.97 Å². The van der Waals surface area contributed by atoms with Crippen LogP contribution in [0.5, 0.6) is 0 Å². The van der Waals surface area contributed by atoms with Crippen molar-refractivity contribution in [3.63, 3.8) is 0 Å². The summed E-state index contributed by atoms with van der Waals surface area (Å²) in [4.78, 5) is 18.2. The fourth-order valence-corrected chi connectivity index (χ4v) is 1.22. The number of aromatic nitrogens is 2. The van der Waals surface area contributed by atoms with Crippen LogP contribution in [0.25, 0.3) is 11.4 Å². The Labute approximate surface area is 90.4 Å². The molecule has 2 rings (SSSR count). The molecule has 0 saturated heterocycles. The van der Waals surface area contributed by atoms with Crippen molar-refractivity contribution in [3.8, 4) is 11.4 Å². The molecule has 1 aromatic carbocycles. The predicted octanol–water partition coefficient (Wildman–Crippen LogP) is 1.98. The number of hydrogen-bond donors (Lipinski definition) is 1. The molecule has 0 aliphatic heterocycles. The van der Waals surface area contributed by atoms with Crippen LogP contribution in [0.1, 0.15) is 10.4 Å². The minimum absolute atomic E-state index is 0.0277. The Morgan fingerprint density at radius 2 is 1.81 bits per heavy atom. The third kappa shape index (κ3) is 1.88. The van der Waals surface area contributed by atoms with Crippen molar-refractivity contribution in [2.75, 3.05) is 0 Å². The van der Waals surface area contributed by atoms with Gasteiger partial charge in [-0.05, 0) is 12.1 Å². The van der Waals surface area contributed by atoms with E-state index in [-0.39, 0.29) is 17.0 Å². The van der Waals surface area contributed by atoms with E-state index >= 15 is 0 Å². The standard InChI is InChI=1S/C11H7FN2O2/c12-9-4-2-1-3-8(9)10-13-5-7(6-14-10)11(15)16/h1-6H,(H,15,16). The number of nitrogens with zero attached hydrogens (tertiary/aromatic N) is 2. The molecule has 0 aliphatic rings. The maximum atomic E-state index is 13.3. The predicted molar refractivity (Wildman–Crippen MR) is 54.4 cm³/mol. The highest BCUT2D eigenvalue weighted by molar-refractivity contribution is 5.86. The lowest BCUT2D eigenvalue weighted by Crippen LogP contribution is -2.00. The molecule has 4 nitrogen and oxygen atoms in total. The zero-order valence-corrected chi connectivity index (χ0v) is 8.09. The highest BCUT2D eigenvalue weighted by atomic mass is 19.1. The van der Waals surface area contributed by atoms with Crippen LogP contribution in [0.3, 0.4) is 0 Å². The third-order valence-electron chi connectivity index (χ3n) is 2.01. The Hall–Kier alpha value is -2.30. The van der Waals surface area contributed by atoms with Crippen LogP contribution in [-0.4, -0.2) is 21.0 Å². The maximum Gasteiger partial charge on any atom is 0.338 e. The van der Waals surface area contributed by atoms with Gasteiger partial charge in [0.2, 0.25) is 0 Å². The van der Waals surface area contributed by atoms with Gasteiger partial charge in [0.1, 0.15) is 5.82 Å². The molecule has 0 unspecified atom stereocenters. The molecule has 0 bridgehead atoms. The summed E-state index contributed by atoms with van der Waals surface area (Å²) in [5.74, 6) is -1.38. The van der Waals surface area contributed by atoms with Crippen LogP contribution in [0.15, 0.2) is 36.7 Å². The summed E-state index contributed by atoms with van der Waals surface area (Å²) in [6.07, 6.45) is 2.30. The molecular weight excluding hydrogens is 211 g/mol. The van der Waals surface area contributed by atoms with E-state index in [1.54, 1.807) is 12.1 Å². The van der Waals surface area contributed by atoms with E-state index < -0.39 is 11.8 Å². The van der Waals surface area contributed by atoms with Gasteiger partial charge in [0.05, 0.1) is 11.1 Å². The molecule has 0 atom stereocenters. The maximum absolute atomic E-state index is 13.3. The quantitative estimate of drug-likeness (QED) is 0.837. The van der Waals surface area contributed by atoms with Crippen LogP contribution in [0.2, 0.25) is 0 Å².